The fraction of sp³-hybridized carbons (Fsp3) is 0.136. The second-order valence-corrected chi connectivity index (χ2v) is 5.97. The van der Waals surface area contributed by atoms with Gasteiger partial charge in [-0.3, -0.25) is 0 Å². The summed E-state index contributed by atoms with van der Waals surface area (Å²) in [5, 5.41) is 12.4. The maximum absolute atomic E-state index is 8.95. The first kappa shape index (κ1) is 16.6. The molecule has 3 aromatic carbocycles. The summed E-state index contributed by atoms with van der Waals surface area (Å²) in [5.41, 5.74) is 5.16. The summed E-state index contributed by atoms with van der Waals surface area (Å²) < 4.78 is 5.85. The summed E-state index contributed by atoms with van der Waals surface area (Å²) >= 11 is 0. The van der Waals surface area contributed by atoms with Gasteiger partial charge in [0.25, 0.3) is 0 Å². The predicted octanol–water partition coefficient (Wildman–Crippen LogP) is 5.06. The highest BCUT2D eigenvalue weighted by atomic mass is 16.5. The van der Waals surface area contributed by atoms with Crippen molar-refractivity contribution in [2.24, 2.45) is 0 Å². The van der Waals surface area contributed by atoms with E-state index in [1.165, 1.54) is 11.1 Å². The van der Waals surface area contributed by atoms with Crippen LogP contribution in [-0.4, -0.2) is 0 Å². The van der Waals surface area contributed by atoms with Gasteiger partial charge < -0.3 is 10.1 Å². The molecule has 0 spiro atoms. The van der Waals surface area contributed by atoms with Crippen LogP contribution in [0.1, 0.15) is 22.3 Å². The van der Waals surface area contributed by atoms with Crippen molar-refractivity contribution < 1.29 is 4.74 Å². The van der Waals surface area contributed by atoms with E-state index in [1.807, 2.05) is 42.5 Å². The molecule has 0 saturated carbocycles. The normalized spacial score (nSPS) is 10.1. The Balaban J connectivity index is 1.60. The van der Waals surface area contributed by atoms with E-state index in [0.29, 0.717) is 12.2 Å². The molecule has 0 heterocycles. The molecular formula is C22H20N2O. The van der Waals surface area contributed by atoms with Crippen molar-refractivity contribution in [1.29, 1.82) is 5.26 Å². The molecule has 25 heavy (non-hydrogen) atoms. The molecule has 0 aliphatic heterocycles. The zero-order valence-electron chi connectivity index (χ0n) is 14.2. The SMILES string of the molecule is Cc1cccc(CNc2cccc(OCc3cccc(C#N)c3)c2)c1. The summed E-state index contributed by atoms with van der Waals surface area (Å²) in [5.74, 6) is 0.802. The van der Waals surface area contributed by atoms with E-state index in [4.69, 9.17) is 10.00 Å². The van der Waals surface area contributed by atoms with Crippen LogP contribution in [-0.2, 0) is 13.2 Å². The number of rotatable bonds is 6. The molecule has 3 aromatic rings. The van der Waals surface area contributed by atoms with Crippen LogP contribution in [0.15, 0.2) is 72.8 Å². The molecule has 0 saturated heterocycles. The number of hydrogen-bond acceptors (Lipinski definition) is 3. The first-order valence-electron chi connectivity index (χ1n) is 8.24. The van der Waals surface area contributed by atoms with Crippen molar-refractivity contribution in [2.45, 2.75) is 20.1 Å². The van der Waals surface area contributed by atoms with Gasteiger partial charge in [-0.15, -0.1) is 0 Å². The molecule has 3 rings (SSSR count). The molecule has 0 aromatic heterocycles. The Morgan fingerprint density at radius 1 is 0.920 bits per heavy atom. The lowest BCUT2D eigenvalue weighted by Gasteiger charge is -2.10. The van der Waals surface area contributed by atoms with Crippen LogP contribution in [0.4, 0.5) is 5.69 Å². The molecule has 0 unspecified atom stereocenters. The van der Waals surface area contributed by atoms with Crippen molar-refractivity contribution in [3.05, 3.63) is 95.1 Å². The highest BCUT2D eigenvalue weighted by Gasteiger charge is 2.00. The van der Waals surface area contributed by atoms with Crippen LogP contribution < -0.4 is 10.1 Å². The van der Waals surface area contributed by atoms with Gasteiger partial charge in [-0.2, -0.15) is 5.26 Å². The number of aryl methyl sites for hydroxylation is 1. The van der Waals surface area contributed by atoms with Gasteiger partial charge in [-0.25, -0.2) is 0 Å². The second-order valence-electron chi connectivity index (χ2n) is 5.97. The Morgan fingerprint density at radius 2 is 1.72 bits per heavy atom. The molecule has 0 fully saturated rings. The van der Waals surface area contributed by atoms with Crippen LogP contribution in [0.2, 0.25) is 0 Å². The van der Waals surface area contributed by atoms with Crippen molar-refractivity contribution in [3.8, 4) is 11.8 Å². The van der Waals surface area contributed by atoms with E-state index in [-0.39, 0.29) is 0 Å². The topological polar surface area (TPSA) is 45.0 Å². The first-order valence-corrected chi connectivity index (χ1v) is 8.24. The molecule has 0 aliphatic carbocycles. The lowest BCUT2D eigenvalue weighted by Crippen LogP contribution is -2.00. The minimum Gasteiger partial charge on any atom is -0.489 e. The summed E-state index contributed by atoms with van der Waals surface area (Å²) in [4.78, 5) is 0. The van der Waals surface area contributed by atoms with Crippen LogP contribution in [0.5, 0.6) is 5.75 Å². The number of anilines is 1. The Morgan fingerprint density at radius 3 is 2.56 bits per heavy atom. The van der Waals surface area contributed by atoms with E-state index < -0.39 is 0 Å². The summed E-state index contributed by atoms with van der Waals surface area (Å²) in [6.45, 7) is 3.31. The number of benzene rings is 3. The number of nitrogens with one attached hydrogen (secondary N) is 1. The van der Waals surface area contributed by atoms with E-state index in [0.717, 1.165) is 23.5 Å². The zero-order chi connectivity index (χ0) is 17.5. The highest BCUT2D eigenvalue weighted by molar-refractivity contribution is 5.48. The third-order valence-electron chi connectivity index (χ3n) is 3.87. The van der Waals surface area contributed by atoms with E-state index in [9.17, 15) is 0 Å². The first-order chi connectivity index (χ1) is 12.2. The molecule has 3 nitrogen and oxygen atoms in total. The second kappa shape index (κ2) is 8.03. The van der Waals surface area contributed by atoms with Gasteiger partial charge in [0.2, 0.25) is 0 Å². The fourth-order valence-corrected chi connectivity index (χ4v) is 2.62. The minimum absolute atomic E-state index is 0.441. The maximum atomic E-state index is 8.95. The third-order valence-corrected chi connectivity index (χ3v) is 3.87. The molecule has 124 valence electrons. The molecule has 1 N–H and O–H groups in total. The van der Waals surface area contributed by atoms with Gasteiger partial charge in [-0.1, -0.05) is 48.0 Å². The Labute approximate surface area is 148 Å². The van der Waals surface area contributed by atoms with Gasteiger partial charge in [0.1, 0.15) is 12.4 Å². The Bertz CT molecular complexity index is 896. The quantitative estimate of drug-likeness (QED) is 0.688. The van der Waals surface area contributed by atoms with Crippen molar-refractivity contribution in [3.63, 3.8) is 0 Å². The molecular weight excluding hydrogens is 308 g/mol. The van der Waals surface area contributed by atoms with Gasteiger partial charge in [-0.05, 0) is 42.3 Å². The maximum Gasteiger partial charge on any atom is 0.121 e. The predicted molar refractivity (Wildman–Crippen MR) is 100 cm³/mol. The summed E-state index contributed by atoms with van der Waals surface area (Å²) in [6.07, 6.45) is 0. The molecule has 0 amide bonds. The largest absolute Gasteiger partial charge is 0.489 e. The summed E-state index contributed by atoms with van der Waals surface area (Å²) in [6, 6.07) is 26.0. The summed E-state index contributed by atoms with van der Waals surface area (Å²) in [7, 11) is 0. The van der Waals surface area contributed by atoms with Gasteiger partial charge in [0.05, 0.1) is 11.6 Å². The van der Waals surface area contributed by atoms with Gasteiger partial charge in [0.15, 0.2) is 0 Å². The standard InChI is InChI=1S/C22H20N2O/c1-17-5-2-7-19(11-17)15-24-21-9-4-10-22(13-21)25-16-20-8-3-6-18(12-20)14-23/h2-13,24H,15-16H2,1H3. The van der Waals surface area contributed by atoms with E-state index in [1.54, 1.807) is 6.07 Å². The van der Waals surface area contributed by atoms with E-state index in [2.05, 4.69) is 42.6 Å². The molecule has 0 atom stereocenters. The smallest absolute Gasteiger partial charge is 0.121 e. The monoisotopic (exact) mass is 328 g/mol. The van der Waals surface area contributed by atoms with Crippen LogP contribution in [0.25, 0.3) is 0 Å². The third kappa shape index (κ3) is 4.86. The Hall–Kier alpha value is -3.25. The molecule has 0 radical (unpaired) electrons. The number of ether oxygens (including phenoxy) is 1. The average molecular weight is 328 g/mol. The zero-order valence-corrected chi connectivity index (χ0v) is 14.2. The molecule has 0 bridgehead atoms. The number of nitriles is 1. The minimum atomic E-state index is 0.441. The number of nitrogens with zero attached hydrogens (tertiary/aromatic N) is 1. The van der Waals surface area contributed by atoms with Crippen molar-refractivity contribution in [1.82, 2.24) is 0 Å². The lowest BCUT2D eigenvalue weighted by molar-refractivity contribution is 0.306. The Kier molecular flexibility index (Phi) is 5.33. The van der Waals surface area contributed by atoms with E-state index >= 15 is 0 Å². The lowest BCUT2D eigenvalue weighted by atomic mass is 10.1. The van der Waals surface area contributed by atoms with Gasteiger partial charge in [0, 0.05) is 18.3 Å². The van der Waals surface area contributed by atoms with Crippen molar-refractivity contribution in [2.75, 3.05) is 5.32 Å². The van der Waals surface area contributed by atoms with Crippen molar-refractivity contribution >= 4 is 5.69 Å². The van der Waals surface area contributed by atoms with Crippen LogP contribution in [0, 0.1) is 18.3 Å². The molecule has 3 heteroatoms. The molecule has 0 aliphatic rings. The highest BCUT2D eigenvalue weighted by Crippen LogP contribution is 2.19. The fourth-order valence-electron chi connectivity index (χ4n) is 2.62. The number of hydrogen-bond donors (Lipinski definition) is 1. The van der Waals surface area contributed by atoms with Gasteiger partial charge >= 0.3 is 0 Å². The average Bonchev–Trinajstić information content (AvgIpc) is 2.65. The van der Waals surface area contributed by atoms with Crippen LogP contribution >= 0.6 is 0 Å². The van der Waals surface area contributed by atoms with Crippen LogP contribution in [0.3, 0.4) is 0 Å².